The standard InChI is InChI=1S/2C8H18Si2.2CO.Cr/c2*1-9(2,3)7-8-10(4,5)6;2*1-2;/h2*1-6H3;;;. The molecule has 0 N–H and O–H groups in total. The molecular weight excluding hydrogens is 413 g/mol. The first-order valence-electron chi connectivity index (χ1n) is 7.91. The molecule has 0 radical (unpaired) electrons. The summed E-state index contributed by atoms with van der Waals surface area (Å²) in [5.41, 5.74) is 13.6. The van der Waals surface area contributed by atoms with Gasteiger partial charge in [0.2, 0.25) is 0 Å². The van der Waals surface area contributed by atoms with E-state index in [1.807, 2.05) is 0 Å². The van der Waals surface area contributed by atoms with Gasteiger partial charge in [-0.1, -0.05) is 78.6 Å². The number of rotatable bonds is 0. The van der Waals surface area contributed by atoms with Gasteiger partial charge in [0.1, 0.15) is 32.3 Å². The van der Waals surface area contributed by atoms with Crippen molar-refractivity contribution in [1.29, 1.82) is 0 Å². The van der Waals surface area contributed by atoms with Crippen molar-refractivity contribution >= 4 is 32.3 Å². The second-order valence-electron chi connectivity index (χ2n) is 9.50. The molecular formula is C18H36CrO2Si4. The van der Waals surface area contributed by atoms with Crippen LogP contribution in [0, 0.1) is 35.5 Å². The summed E-state index contributed by atoms with van der Waals surface area (Å²) in [6.45, 7) is 36.5. The van der Waals surface area contributed by atoms with Gasteiger partial charge in [0.05, 0.1) is 0 Å². The molecule has 0 fully saturated rings. The monoisotopic (exact) mass is 448 g/mol. The molecule has 0 heterocycles. The van der Waals surface area contributed by atoms with E-state index >= 15 is 0 Å². The van der Waals surface area contributed by atoms with Gasteiger partial charge < -0.3 is 0 Å². The van der Waals surface area contributed by atoms with Gasteiger partial charge in [0.15, 0.2) is 0 Å². The largest absolute Gasteiger partial charge is 0 e. The Hall–Kier alpha value is -0.000000000000000111. The van der Waals surface area contributed by atoms with Crippen LogP contribution in [-0.2, 0) is 26.7 Å². The van der Waals surface area contributed by atoms with Gasteiger partial charge in [-0.05, 0) is 0 Å². The summed E-state index contributed by atoms with van der Waals surface area (Å²) in [6, 6.07) is 0. The molecule has 0 bridgehead atoms. The van der Waals surface area contributed by atoms with E-state index in [1.165, 1.54) is 0 Å². The van der Waals surface area contributed by atoms with Gasteiger partial charge >= 0.3 is 22.6 Å². The average Bonchev–Trinajstić information content (AvgIpc) is 2.37. The van der Waals surface area contributed by atoms with Crippen molar-refractivity contribution in [2.75, 3.05) is 0 Å². The Morgan fingerprint density at radius 3 is 0.520 bits per heavy atom. The third kappa shape index (κ3) is 59.3. The Morgan fingerprint density at radius 1 is 0.400 bits per heavy atom. The molecule has 0 amide bonds. The quantitative estimate of drug-likeness (QED) is 0.206. The minimum atomic E-state index is -1.09. The van der Waals surface area contributed by atoms with Gasteiger partial charge in [-0.2, -0.15) is 0 Å². The predicted molar refractivity (Wildman–Crippen MR) is 117 cm³/mol. The zero-order valence-electron chi connectivity index (χ0n) is 18.2. The molecule has 0 aromatic carbocycles. The summed E-state index contributed by atoms with van der Waals surface area (Å²) >= 11 is 0. The fourth-order valence-electron chi connectivity index (χ4n) is 0.750. The molecule has 0 aliphatic heterocycles. The summed E-state index contributed by atoms with van der Waals surface area (Å²) in [5.74, 6) is 0. The van der Waals surface area contributed by atoms with E-state index in [9.17, 15) is 0 Å². The molecule has 0 spiro atoms. The smallest absolute Gasteiger partial charge is 0 e. The molecule has 0 saturated carbocycles. The van der Waals surface area contributed by atoms with E-state index in [0.717, 1.165) is 0 Å². The van der Waals surface area contributed by atoms with E-state index in [4.69, 9.17) is 9.30 Å². The molecule has 0 aromatic rings. The van der Waals surface area contributed by atoms with Crippen LogP contribution < -0.4 is 0 Å². The molecule has 2 nitrogen and oxygen atoms in total. The van der Waals surface area contributed by atoms with Crippen molar-refractivity contribution < 1.29 is 26.7 Å². The van der Waals surface area contributed by atoms with Gasteiger partial charge in [0.25, 0.3) is 0 Å². The molecule has 7 heteroatoms. The van der Waals surface area contributed by atoms with Crippen LogP contribution in [0.15, 0.2) is 0 Å². The van der Waals surface area contributed by atoms with Crippen LogP contribution in [0.25, 0.3) is 0 Å². The van der Waals surface area contributed by atoms with E-state index in [1.54, 1.807) is 0 Å². The first kappa shape index (κ1) is 36.0. The third-order valence-electron chi connectivity index (χ3n) is 1.62. The average molecular weight is 449 g/mol. The van der Waals surface area contributed by atoms with Crippen molar-refractivity contribution in [3.63, 3.8) is 0 Å². The maximum Gasteiger partial charge on any atom is 0 e. The van der Waals surface area contributed by atoms with Crippen LogP contribution in [-0.4, -0.2) is 32.3 Å². The van der Waals surface area contributed by atoms with Crippen molar-refractivity contribution in [3.8, 4) is 22.2 Å². The fourth-order valence-corrected chi connectivity index (χ4v) is 6.75. The van der Waals surface area contributed by atoms with Crippen molar-refractivity contribution in [1.82, 2.24) is 0 Å². The summed E-state index contributed by atoms with van der Waals surface area (Å²) in [5, 5.41) is 0. The maximum atomic E-state index is 7.50. The summed E-state index contributed by atoms with van der Waals surface area (Å²) in [6.07, 6.45) is 0. The zero-order valence-corrected chi connectivity index (χ0v) is 23.5. The minimum Gasteiger partial charge on any atom is 0 e. The van der Waals surface area contributed by atoms with E-state index in [2.05, 4.69) is 114 Å². The minimum absolute atomic E-state index is 0. The van der Waals surface area contributed by atoms with Crippen LogP contribution in [0.4, 0.5) is 0 Å². The van der Waals surface area contributed by atoms with E-state index in [0.29, 0.717) is 0 Å². The van der Waals surface area contributed by atoms with Gasteiger partial charge in [0, 0.05) is 17.4 Å². The SMILES string of the molecule is C[Si](C)(C)C#C[Si](C)(C)C.C[Si](C)(C)C#C[Si](C)(C)C.[C-]#[O+].[C-]#[O+].[Cr]. The first-order chi connectivity index (χ1) is 10.4. The normalized spacial score (nSPS) is 9.92. The second-order valence-corrected chi connectivity index (χ2v) is 28.5. The molecule has 0 unspecified atom stereocenters. The van der Waals surface area contributed by atoms with Gasteiger partial charge in [-0.3, -0.25) is 0 Å². The summed E-state index contributed by atoms with van der Waals surface area (Å²) in [7, 11) is -4.37. The number of hydrogen-bond acceptors (Lipinski definition) is 0. The molecule has 0 aliphatic carbocycles. The molecule has 142 valence electrons. The molecule has 0 aliphatic rings. The molecule has 0 saturated heterocycles. The van der Waals surface area contributed by atoms with Crippen molar-refractivity contribution in [2.24, 2.45) is 0 Å². The summed E-state index contributed by atoms with van der Waals surface area (Å²) < 4.78 is 15.0. The van der Waals surface area contributed by atoms with E-state index in [-0.39, 0.29) is 17.4 Å². The third-order valence-corrected chi connectivity index (χ3v) is 5.62. The van der Waals surface area contributed by atoms with Crippen molar-refractivity contribution in [2.45, 2.75) is 78.6 Å². The van der Waals surface area contributed by atoms with Crippen LogP contribution in [0.1, 0.15) is 0 Å². The Balaban J connectivity index is -0.0000000858. The second kappa shape index (κ2) is 16.2. The van der Waals surface area contributed by atoms with Crippen LogP contribution >= 0.6 is 0 Å². The molecule has 25 heavy (non-hydrogen) atoms. The van der Waals surface area contributed by atoms with Crippen LogP contribution in [0.3, 0.4) is 0 Å². The van der Waals surface area contributed by atoms with E-state index < -0.39 is 32.3 Å². The Bertz CT molecular complexity index is 407. The predicted octanol–water partition coefficient (Wildman–Crippen LogP) is 5.41. The Kier molecular flexibility index (Phi) is 23.3. The number of hydrogen-bond donors (Lipinski definition) is 0. The Morgan fingerprint density at radius 2 is 0.480 bits per heavy atom. The molecule has 0 atom stereocenters. The maximum absolute atomic E-state index is 7.50. The van der Waals surface area contributed by atoms with Crippen molar-refractivity contribution in [3.05, 3.63) is 13.3 Å². The van der Waals surface area contributed by atoms with Crippen LogP contribution in [0.2, 0.25) is 78.6 Å². The molecule has 0 aromatic heterocycles. The fraction of sp³-hybridized carbons (Fsp3) is 0.667. The van der Waals surface area contributed by atoms with Crippen LogP contribution in [0.5, 0.6) is 0 Å². The zero-order chi connectivity index (χ0) is 20.8. The first-order valence-corrected chi connectivity index (χ1v) is 21.9. The Labute approximate surface area is 172 Å². The van der Waals surface area contributed by atoms with Gasteiger partial charge in [-0.15, -0.1) is 22.2 Å². The molecule has 0 rings (SSSR count). The van der Waals surface area contributed by atoms with Gasteiger partial charge in [-0.25, -0.2) is 0 Å². The topological polar surface area (TPSA) is 39.8 Å². The summed E-state index contributed by atoms with van der Waals surface area (Å²) in [4.78, 5) is 0.